The van der Waals surface area contributed by atoms with E-state index in [-0.39, 0.29) is 23.9 Å². The molecule has 2 atom stereocenters. The molecule has 0 saturated heterocycles. The number of urea groups is 1. The van der Waals surface area contributed by atoms with Crippen LogP contribution in [0.5, 0.6) is 0 Å². The first-order valence-corrected chi connectivity index (χ1v) is 11.8. The molecule has 0 spiro atoms. The zero-order chi connectivity index (χ0) is 26.4. The summed E-state index contributed by atoms with van der Waals surface area (Å²) in [6.45, 7) is 4.01. The van der Waals surface area contributed by atoms with Crippen LogP contribution in [0, 0.1) is 16.0 Å². The molecule has 1 N–H and O–H groups in total. The first-order chi connectivity index (χ1) is 17.1. The number of carboxylic acids is 1. The first-order valence-electron chi connectivity index (χ1n) is 11.8. The molecule has 0 radical (unpaired) electrons. The average Bonchev–Trinajstić information content (AvgIpc) is 2.84. The van der Waals surface area contributed by atoms with E-state index in [4.69, 9.17) is 0 Å². The number of hydrogen-bond acceptors (Lipinski definition) is 5. The molecule has 3 rings (SSSR count). The molecule has 0 saturated carbocycles. The fraction of sp³-hybridized carbons (Fsp3) is 0.385. The summed E-state index contributed by atoms with van der Waals surface area (Å²) in [5, 5.41) is 21.2. The summed E-state index contributed by atoms with van der Waals surface area (Å²) in [5.41, 5.74) is 2.01. The summed E-state index contributed by atoms with van der Waals surface area (Å²) in [6, 6.07) is 11.5. The number of nitro benzene ring substituents is 1. The van der Waals surface area contributed by atoms with E-state index in [1.165, 1.54) is 30.0 Å². The second-order valence-electron chi connectivity index (χ2n) is 8.87. The number of nitro groups is 1. The van der Waals surface area contributed by atoms with Crippen LogP contribution in [0.4, 0.5) is 10.5 Å². The molecule has 10 nitrogen and oxygen atoms in total. The molecule has 2 aromatic carbocycles. The minimum absolute atomic E-state index is 0.125. The maximum atomic E-state index is 12.8. The van der Waals surface area contributed by atoms with E-state index in [1.807, 2.05) is 12.1 Å². The predicted molar refractivity (Wildman–Crippen MR) is 134 cm³/mol. The monoisotopic (exact) mass is 494 g/mol. The van der Waals surface area contributed by atoms with Gasteiger partial charge in [0, 0.05) is 43.5 Å². The Morgan fingerprint density at radius 3 is 2.50 bits per heavy atom. The van der Waals surface area contributed by atoms with Crippen molar-refractivity contribution in [2.24, 2.45) is 10.9 Å². The van der Waals surface area contributed by atoms with Crippen LogP contribution < -0.4 is 0 Å². The molecular formula is C26H30N4O6. The van der Waals surface area contributed by atoms with Crippen LogP contribution in [0.15, 0.2) is 53.5 Å². The van der Waals surface area contributed by atoms with Crippen molar-refractivity contribution >= 4 is 29.3 Å². The number of carboxylic acid groups (broad SMARTS) is 1. The van der Waals surface area contributed by atoms with Gasteiger partial charge in [0.1, 0.15) is 5.92 Å². The molecule has 10 heteroatoms. The average molecular weight is 495 g/mol. The molecule has 2 unspecified atom stereocenters. The number of hydrogen-bond donors (Lipinski definition) is 1. The second-order valence-corrected chi connectivity index (χ2v) is 8.87. The van der Waals surface area contributed by atoms with Crippen molar-refractivity contribution in [1.29, 1.82) is 0 Å². The largest absolute Gasteiger partial charge is 0.481 e. The summed E-state index contributed by atoms with van der Waals surface area (Å²) in [7, 11) is 1.67. The molecule has 0 aliphatic carbocycles. The number of aryl methyl sites for hydroxylation is 1. The lowest BCUT2D eigenvalue weighted by Gasteiger charge is -2.38. The topological polar surface area (TPSA) is 133 Å². The Morgan fingerprint density at radius 1 is 1.19 bits per heavy atom. The minimum atomic E-state index is -1.18. The number of benzene rings is 2. The van der Waals surface area contributed by atoms with Gasteiger partial charge < -0.3 is 14.9 Å². The molecule has 190 valence electrons. The van der Waals surface area contributed by atoms with Crippen molar-refractivity contribution in [3.8, 4) is 0 Å². The third-order valence-electron chi connectivity index (χ3n) is 6.29. The van der Waals surface area contributed by atoms with Crippen molar-refractivity contribution in [2.45, 2.75) is 39.2 Å². The summed E-state index contributed by atoms with van der Waals surface area (Å²) in [4.78, 5) is 55.3. The highest BCUT2D eigenvalue weighted by Gasteiger charge is 2.42. The number of aliphatic carboxylic acids is 1. The second kappa shape index (κ2) is 11.6. The lowest BCUT2D eigenvalue weighted by Crippen LogP contribution is -2.47. The van der Waals surface area contributed by atoms with Gasteiger partial charge in [-0.15, -0.1) is 0 Å². The van der Waals surface area contributed by atoms with E-state index in [0.29, 0.717) is 24.1 Å². The number of amides is 3. The van der Waals surface area contributed by atoms with Gasteiger partial charge in [0.15, 0.2) is 0 Å². The van der Waals surface area contributed by atoms with Crippen molar-refractivity contribution in [3.05, 3.63) is 75.3 Å². The predicted octanol–water partition coefficient (Wildman–Crippen LogP) is 4.35. The zero-order valence-electron chi connectivity index (χ0n) is 20.6. The number of non-ortho nitro benzene ring substituents is 1. The molecule has 0 fully saturated rings. The van der Waals surface area contributed by atoms with Gasteiger partial charge >= 0.3 is 12.0 Å². The minimum Gasteiger partial charge on any atom is -0.481 e. The van der Waals surface area contributed by atoms with E-state index < -0.39 is 28.9 Å². The van der Waals surface area contributed by atoms with E-state index in [9.17, 15) is 29.6 Å². The van der Waals surface area contributed by atoms with Crippen molar-refractivity contribution in [2.75, 3.05) is 20.1 Å². The Labute approximate surface area is 209 Å². The lowest BCUT2D eigenvalue weighted by atomic mass is 9.86. The normalized spacial score (nSPS) is 17.5. The molecule has 1 aliphatic rings. The Bertz CT molecular complexity index is 1180. The maximum Gasteiger partial charge on any atom is 0.344 e. The van der Waals surface area contributed by atoms with E-state index in [1.54, 1.807) is 30.1 Å². The molecule has 2 aromatic rings. The Morgan fingerprint density at radius 2 is 1.89 bits per heavy atom. The van der Waals surface area contributed by atoms with Gasteiger partial charge in [-0.1, -0.05) is 37.6 Å². The van der Waals surface area contributed by atoms with Crippen molar-refractivity contribution < 1.29 is 24.4 Å². The van der Waals surface area contributed by atoms with E-state index in [0.717, 1.165) is 18.4 Å². The van der Waals surface area contributed by atoms with Crippen LogP contribution in [0.1, 0.15) is 54.2 Å². The van der Waals surface area contributed by atoms with Crippen LogP contribution in [0.3, 0.4) is 0 Å². The van der Waals surface area contributed by atoms with Gasteiger partial charge in [-0.2, -0.15) is 0 Å². The highest BCUT2D eigenvalue weighted by Crippen LogP contribution is 2.35. The number of nitrogens with zero attached hydrogens (tertiary/aromatic N) is 4. The third-order valence-corrected chi connectivity index (χ3v) is 6.29. The third kappa shape index (κ3) is 5.94. The van der Waals surface area contributed by atoms with Crippen LogP contribution in [0.2, 0.25) is 0 Å². The summed E-state index contributed by atoms with van der Waals surface area (Å²) in [6.07, 6.45) is 2.33. The van der Waals surface area contributed by atoms with Gasteiger partial charge in [-0.3, -0.25) is 19.7 Å². The molecule has 1 aliphatic heterocycles. The van der Waals surface area contributed by atoms with E-state index >= 15 is 0 Å². The fourth-order valence-corrected chi connectivity index (χ4v) is 4.46. The first kappa shape index (κ1) is 26.5. The number of carbonyl (C=O) groups excluding carboxylic acids is 2. The van der Waals surface area contributed by atoms with Crippen LogP contribution in [-0.4, -0.2) is 63.6 Å². The van der Waals surface area contributed by atoms with Crippen LogP contribution in [-0.2, 0) is 11.2 Å². The van der Waals surface area contributed by atoms with Crippen LogP contribution >= 0.6 is 0 Å². The van der Waals surface area contributed by atoms with Crippen molar-refractivity contribution in [1.82, 2.24) is 9.80 Å². The number of aliphatic imine (C=N–C) groups is 1. The Balaban J connectivity index is 1.77. The number of rotatable bonds is 10. The molecule has 36 heavy (non-hydrogen) atoms. The fourth-order valence-electron chi connectivity index (χ4n) is 4.46. The SMILES string of the molecule is CCCc1ccc(C(=O)N(C)CCCN2C(=O)N=C(C)C(C(=O)O)C2c2cccc([N+](=O)[O-])c2)cc1. The number of carbonyl (C=O) groups is 3. The highest BCUT2D eigenvalue weighted by atomic mass is 16.6. The molecule has 0 aromatic heterocycles. The lowest BCUT2D eigenvalue weighted by molar-refractivity contribution is -0.385. The van der Waals surface area contributed by atoms with Gasteiger partial charge in [-0.25, -0.2) is 9.79 Å². The smallest absolute Gasteiger partial charge is 0.344 e. The standard InChI is InChI=1S/C26H30N4O6/c1-4-7-18-10-12-19(13-11-18)24(31)28(3)14-6-15-29-23(20-8-5-9-21(16-20)30(35)36)22(25(32)33)17(2)27-26(29)34/h5,8-13,16,22-23H,4,6-7,14-15H2,1-3H3,(H,32,33). The quantitative estimate of drug-likeness (QED) is 0.386. The maximum absolute atomic E-state index is 12.8. The highest BCUT2D eigenvalue weighted by molar-refractivity contribution is 6.07. The molecule has 1 heterocycles. The summed E-state index contributed by atoms with van der Waals surface area (Å²) in [5.74, 6) is -2.48. The van der Waals surface area contributed by atoms with Gasteiger partial charge in [0.2, 0.25) is 0 Å². The van der Waals surface area contributed by atoms with Gasteiger partial charge in [0.25, 0.3) is 11.6 Å². The van der Waals surface area contributed by atoms with E-state index in [2.05, 4.69) is 11.9 Å². The van der Waals surface area contributed by atoms with Crippen LogP contribution in [0.25, 0.3) is 0 Å². The van der Waals surface area contributed by atoms with Gasteiger partial charge in [0.05, 0.1) is 11.0 Å². The summed E-state index contributed by atoms with van der Waals surface area (Å²) >= 11 is 0. The Hall–Kier alpha value is -4.08. The molecular weight excluding hydrogens is 464 g/mol. The van der Waals surface area contributed by atoms with Gasteiger partial charge in [-0.05, 0) is 43.0 Å². The zero-order valence-corrected chi connectivity index (χ0v) is 20.6. The molecule has 0 bridgehead atoms. The van der Waals surface area contributed by atoms with Crippen molar-refractivity contribution in [3.63, 3.8) is 0 Å². The Kier molecular flexibility index (Phi) is 8.52. The molecule has 3 amide bonds. The summed E-state index contributed by atoms with van der Waals surface area (Å²) < 4.78 is 0.